The summed E-state index contributed by atoms with van der Waals surface area (Å²) in [6.45, 7) is -0.630. The van der Waals surface area contributed by atoms with Crippen molar-refractivity contribution in [2.24, 2.45) is 0 Å². The predicted octanol–water partition coefficient (Wildman–Crippen LogP) is 1.92. The molecular weight excluding hydrogens is 434 g/mol. The van der Waals surface area contributed by atoms with Crippen LogP contribution in [0, 0.1) is 0 Å². The summed E-state index contributed by atoms with van der Waals surface area (Å²) in [4.78, 5) is 26.5. The Balaban J connectivity index is 1.67. The molecule has 168 valence electrons. The van der Waals surface area contributed by atoms with Gasteiger partial charge in [-0.1, -0.05) is 18.2 Å². The first kappa shape index (κ1) is 23.0. The zero-order valence-electron chi connectivity index (χ0n) is 17.4. The molecular formula is C22H23N3O6S. The molecule has 0 atom stereocenters. The lowest BCUT2D eigenvalue weighted by atomic mass is 10.2. The van der Waals surface area contributed by atoms with Crippen LogP contribution in [0.2, 0.25) is 0 Å². The number of ether oxygens (including phenoxy) is 1. The molecule has 10 heteroatoms. The van der Waals surface area contributed by atoms with E-state index >= 15 is 0 Å². The zero-order chi connectivity index (χ0) is 23.0. The molecule has 0 aliphatic rings. The van der Waals surface area contributed by atoms with Crippen molar-refractivity contribution in [1.29, 1.82) is 0 Å². The summed E-state index contributed by atoms with van der Waals surface area (Å²) >= 11 is 0. The van der Waals surface area contributed by atoms with Crippen molar-refractivity contribution in [3.05, 3.63) is 78.8 Å². The van der Waals surface area contributed by atoms with Gasteiger partial charge in [-0.25, -0.2) is 13.1 Å². The molecule has 0 aliphatic heterocycles. The number of nitrogens with zero attached hydrogens (tertiary/aromatic N) is 1. The van der Waals surface area contributed by atoms with Crippen molar-refractivity contribution in [3.8, 4) is 5.75 Å². The summed E-state index contributed by atoms with van der Waals surface area (Å²) in [5, 5.41) is 2.67. The van der Waals surface area contributed by atoms with Gasteiger partial charge in [0.25, 0.3) is 0 Å². The Bertz CT molecular complexity index is 1130. The van der Waals surface area contributed by atoms with Gasteiger partial charge >= 0.3 is 0 Å². The van der Waals surface area contributed by atoms with Crippen LogP contribution in [0.1, 0.15) is 5.76 Å². The Hall–Kier alpha value is -3.63. The van der Waals surface area contributed by atoms with E-state index in [0.717, 1.165) is 0 Å². The largest absolute Gasteiger partial charge is 0.497 e. The van der Waals surface area contributed by atoms with E-state index in [0.29, 0.717) is 17.2 Å². The van der Waals surface area contributed by atoms with Crippen LogP contribution in [-0.2, 0) is 26.2 Å². The highest BCUT2D eigenvalue weighted by Gasteiger charge is 2.22. The second kappa shape index (κ2) is 10.6. The highest BCUT2D eigenvalue weighted by Crippen LogP contribution is 2.16. The maximum absolute atomic E-state index is 12.9. The first-order chi connectivity index (χ1) is 15.4. The Kier molecular flexibility index (Phi) is 7.63. The molecule has 0 bridgehead atoms. The second-order valence-electron chi connectivity index (χ2n) is 6.67. The van der Waals surface area contributed by atoms with Crippen molar-refractivity contribution in [2.75, 3.05) is 25.1 Å². The average Bonchev–Trinajstić information content (AvgIpc) is 3.34. The van der Waals surface area contributed by atoms with Crippen molar-refractivity contribution >= 4 is 27.5 Å². The molecule has 3 rings (SSSR count). The van der Waals surface area contributed by atoms with Crippen molar-refractivity contribution in [3.63, 3.8) is 0 Å². The topological polar surface area (TPSA) is 118 Å². The van der Waals surface area contributed by atoms with Crippen LogP contribution in [0.4, 0.5) is 5.69 Å². The normalized spacial score (nSPS) is 11.0. The van der Waals surface area contributed by atoms with Crippen molar-refractivity contribution in [1.82, 2.24) is 10.0 Å². The number of para-hydroxylation sites is 1. The molecule has 2 aromatic carbocycles. The van der Waals surface area contributed by atoms with Gasteiger partial charge in [-0.15, -0.1) is 0 Å². The Morgan fingerprint density at radius 2 is 1.72 bits per heavy atom. The SMILES string of the molecule is COc1ccc(S(=O)(=O)NCC(=O)N(CC(=O)NCc2ccco2)c2ccccc2)cc1. The third-order valence-electron chi connectivity index (χ3n) is 4.49. The van der Waals surface area contributed by atoms with Crippen molar-refractivity contribution in [2.45, 2.75) is 11.4 Å². The van der Waals surface area contributed by atoms with E-state index in [4.69, 9.17) is 9.15 Å². The summed E-state index contributed by atoms with van der Waals surface area (Å²) in [5.74, 6) is 0.0806. The number of anilines is 1. The first-order valence-electron chi connectivity index (χ1n) is 9.67. The monoisotopic (exact) mass is 457 g/mol. The zero-order valence-corrected chi connectivity index (χ0v) is 18.2. The second-order valence-corrected chi connectivity index (χ2v) is 8.44. The number of rotatable bonds is 10. The third kappa shape index (κ3) is 6.19. The van der Waals surface area contributed by atoms with Gasteiger partial charge < -0.3 is 19.4 Å². The number of amides is 2. The molecule has 2 amide bonds. The van der Waals surface area contributed by atoms with Gasteiger partial charge in [-0.05, 0) is 48.5 Å². The minimum absolute atomic E-state index is 0.00597. The summed E-state index contributed by atoms with van der Waals surface area (Å²) in [7, 11) is -2.45. The van der Waals surface area contributed by atoms with Gasteiger partial charge in [-0.2, -0.15) is 0 Å². The molecule has 1 aromatic heterocycles. The van der Waals surface area contributed by atoms with Gasteiger partial charge in [0.2, 0.25) is 21.8 Å². The molecule has 0 spiro atoms. The maximum atomic E-state index is 12.9. The number of hydrogen-bond acceptors (Lipinski definition) is 6. The smallest absolute Gasteiger partial charge is 0.242 e. The number of benzene rings is 2. The number of carbonyl (C=O) groups is 2. The lowest BCUT2D eigenvalue weighted by molar-refractivity contribution is -0.123. The van der Waals surface area contributed by atoms with Gasteiger partial charge in [0.1, 0.15) is 18.1 Å². The lowest BCUT2D eigenvalue weighted by Crippen LogP contribution is -2.45. The Labute approximate surface area is 186 Å². The van der Waals surface area contributed by atoms with E-state index in [1.165, 1.54) is 42.5 Å². The first-order valence-corrected chi connectivity index (χ1v) is 11.2. The van der Waals surface area contributed by atoms with E-state index in [9.17, 15) is 18.0 Å². The summed E-state index contributed by atoms with van der Waals surface area (Å²) in [6.07, 6.45) is 1.50. The molecule has 9 nitrogen and oxygen atoms in total. The quantitative estimate of drug-likeness (QED) is 0.480. The van der Waals surface area contributed by atoms with Crippen LogP contribution in [0.25, 0.3) is 0 Å². The van der Waals surface area contributed by atoms with Crippen LogP contribution in [0.15, 0.2) is 82.3 Å². The van der Waals surface area contributed by atoms with E-state index < -0.39 is 28.4 Å². The molecule has 0 saturated carbocycles. The fourth-order valence-electron chi connectivity index (χ4n) is 2.82. The van der Waals surface area contributed by atoms with E-state index in [1.807, 2.05) is 0 Å². The van der Waals surface area contributed by atoms with Crippen LogP contribution in [0.3, 0.4) is 0 Å². The lowest BCUT2D eigenvalue weighted by Gasteiger charge is -2.22. The molecule has 0 saturated heterocycles. The molecule has 0 aliphatic carbocycles. The molecule has 0 unspecified atom stereocenters. The minimum Gasteiger partial charge on any atom is -0.497 e. The van der Waals surface area contributed by atoms with Crippen molar-refractivity contribution < 1.29 is 27.2 Å². The number of furan rings is 1. The predicted molar refractivity (Wildman–Crippen MR) is 118 cm³/mol. The molecule has 32 heavy (non-hydrogen) atoms. The molecule has 2 N–H and O–H groups in total. The minimum atomic E-state index is -3.93. The van der Waals surface area contributed by atoms with Gasteiger partial charge in [0, 0.05) is 5.69 Å². The van der Waals surface area contributed by atoms with Crippen LogP contribution >= 0.6 is 0 Å². The summed E-state index contributed by atoms with van der Waals surface area (Å²) in [5.41, 5.74) is 0.467. The number of nitrogens with one attached hydrogen (secondary N) is 2. The summed E-state index contributed by atoms with van der Waals surface area (Å²) < 4.78 is 37.6. The molecule has 3 aromatic rings. The molecule has 1 heterocycles. The number of methoxy groups -OCH3 is 1. The Morgan fingerprint density at radius 3 is 2.34 bits per heavy atom. The number of hydrogen-bond donors (Lipinski definition) is 2. The fourth-order valence-corrected chi connectivity index (χ4v) is 3.79. The highest BCUT2D eigenvalue weighted by molar-refractivity contribution is 7.89. The van der Waals surface area contributed by atoms with E-state index in [-0.39, 0.29) is 18.0 Å². The van der Waals surface area contributed by atoms with E-state index in [1.54, 1.807) is 42.5 Å². The van der Waals surface area contributed by atoms with Gasteiger partial charge in [0.15, 0.2) is 0 Å². The van der Waals surface area contributed by atoms with Gasteiger partial charge in [-0.3, -0.25) is 9.59 Å². The van der Waals surface area contributed by atoms with Crippen LogP contribution < -0.4 is 19.7 Å². The standard InChI is InChI=1S/C22H23N3O6S/c1-30-18-9-11-20(12-10-18)32(28,29)24-15-22(27)25(17-6-3-2-4-7-17)16-21(26)23-14-19-8-5-13-31-19/h2-13,24H,14-16H2,1H3,(H,23,26). The highest BCUT2D eigenvalue weighted by atomic mass is 32.2. The van der Waals surface area contributed by atoms with Crippen LogP contribution in [-0.4, -0.2) is 40.4 Å². The molecule has 0 radical (unpaired) electrons. The fraction of sp³-hybridized carbons (Fsp3) is 0.182. The summed E-state index contributed by atoms with van der Waals surface area (Å²) in [6, 6.07) is 17.7. The van der Waals surface area contributed by atoms with Crippen LogP contribution in [0.5, 0.6) is 5.75 Å². The molecule has 0 fully saturated rings. The number of sulfonamides is 1. The van der Waals surface area contributed by atoms with E-state index in [2.05, 4.69) is 10.0 Å². The average molecular weight is 458 g/mol. The number of carbonyl (C=O) groups excluding carboxylic acids is 2. The maximum Gasteiger partial charge on any atom is 0.242 e. The Morgan fingerprint density at radius 1 is 1.00 bits per heavy atom. The third-order valence-corrected chi connectivity index (χ3v) is 5.91. The van der Waals surface area contributed by atoms with Gasteiger partial charge in [0.05, 0.1) is 31.4 Å².